The van der Waals surface area contributed by atoms with E-state index in [2.05, 4.69) is 10.3 Å². The lowest BCUT2D eigenvalue weighted by atomic mass is 10.2. The van der Waals surface area contributed by atoms with Gasteiger partial charge < -0.3 is 15.5 Å². The maximum atomic E-state index is 6.03. The Bertz CT molecular complexity index is 827. The molecule has 0 saturated carbocycles. The summed E-state index contributed by atoms with van der Waals surface area (Å²) in [5.74, 6) is 0.751. The summed E-state index contributed by atoms with van der Waals surface area (Å²) in [5.41, 5.74) is 8.19. The molecular formula is C17H17ClN4OS. The molecule has 3 aromatic rings. The van der Waals surface area contributed by atoms with Crippen molar-refractivity contribution in [3.8, 4) is 11.5 Å². The molecule has 1 aromatic carbocycles. The maximum absolute atomic E-state index is 6.03. The first kappa shape index (κ1) is 16.7. The summed E-state index contributed by atoms with van der Waals surface area (Å²) in [7, 11) is 0. The average molecular weight is 361 g/mol. The van der Waals surface area contributed by atoms with Crippen LogP contribution in [0.4, 0.5) is 5.69 Å². The third-order valence-electron chi connectivity index (χ3n) is 3.51. The standard InChI is InChI=1S/C17H17ClN4OS/c18-13(17(19)24-20)7-8-21-12-5-6-14(22-10-12)16-9-11-3-1-2-4-15(11)23-16/h1-6,9-10,21H,7-8,19-20H2/b17-13+. The van der Waals surface area contributed by atoms with Crippen LogP contribution < -0.4 is 16.2 Å². The largest absolute Gasteiger partial charge is 0.454 e. The predicted molar refractivity (Wildman–Crippen MR) is 101 cm³/mol. The number of nitrogens with two attached hydrogens (primary N) is 2. The monoisotopic (exact) mass is 360 g/mol. The zero-order chi connectivity index (χ0) is 16.9. The number of anilines is 1. The lowest BCUT2D eigenvalue weighted by Gasteiger charge is -2.07. The highest BCUT2D eigenvalue weighted by Gasteiger charge is 2.07. The molecule has 0 unspecified atom stereocenters. The van der Waals surface area contributed by atoms with Gasteiger partial charge in [-0.2, -0.15) is 0 Å². The van der Waals surface area contributed by atoms with Gasteiger partial charge in [0.2, 0.25) is 0 Å². The van der Waals surface area contributed by atoms with Gasteiger partial charge in [0.25, 0.3) is 0 Å². The van der Waals surface area contributed by atoms with E-state index < -0.39 is 0 Å². The molecule has 0 aliphatic rings. The van der Waals surface area contributed by atoms with Crippen molar-refractivity contribution in [2.75, 3.05) is 11.9 Å². The van der Waals surface area contributed by atoms with E-state index in [1.54, 1.807) is 6.20 Å². The summed E-state index contributed by atoms with van der Waals surface area (Å²) in [4.78, 5) is 4.44. The van der Waals surface area contributed by atoms with Crippen LogP contribution in [0.15, 0.2) is 63.1 Å². The van der Waals surface area contributed by atoms with Crippen molar-refractivity contribution in [2.45, 2.75) is 6.42 Å². The fourth-order valence-electron chi connectivity index (χ4n) is 2.26. The molecule has 5 N–H and O–H groups in total. The van der Waals surface area contributed by atoms with Crippen molar-refractivity contribution in [1.29, 1.82) is 0 Å². The quantitative estimate of drug-likeness (QED) is 0.569. The zero-order valence-electron chi connectivity index (χ0n) is 12.8. The molecule has 24 heavy (non-hydrogen) atoms. The van der Waals surface area contributed by atoms with Gasteiger partial charge in [-0.15, -0.1) is 0 Å². The molecule has 2 heterocycles. The minimum absolute atomic E-state index is 0.442. The van der Waals surface area contributed by atoms with Crippen LogP contribution >= 0.6 is 23.5 Å². The molecule has 0 aliphatic heterocycles. The highest BCUT2D eigenvalue weighted by atomic mass is 35.5. The van der Waals surface area contributed by atoms with Gasteiger partial charge >= 0.3 is 0 Å². The van der Waals surface area contributed by atoms with Crippen LogP contribution in [-0.2, 0) is 0 Å². The molecule has 5 nitrogen and oxygen atoms in total. The zero-order valence-corrected chi connectivity index (χ0v) is 14.4. The normalized spacial score (nSPS) is 12.2. The molecule has 2 aromatic heterocycles. The van der Waals surface area contributed by atoms with Crippen molar-refractivity contribution in [1.82, 2.24) is 4.98 Å². The van der Waals surface area contributed by atoms with Gasteiger partial charge in [-0.1, -0.05) is 29.8 Å². The summed E-state index contributed by atoms with van der Waals surface area (Å²) in [6.07, 6.45) is 2.37. The molecular weight excluding hydrogens is 344 g/mol. The number of hydrogen-bond acceptors (Lipinski definition) is 6. The Morgan fingerprint density at radius 2 is 2.08 bits per heavy atom. The summed E-state index contributed by atoms with van der Waals surface area (Å²) >= 11 is 6.98. The Morgan fingerprint density at radius 3 is 2.79 bits per heavy atom. The first-order valence-corrected chi connectivity index (χ1v) is 8.63. The van der Waals surface area contributed by atoms with Gasteiger partial charge in [0.15, 0.2) is 5.76 Å². The SMILES string of the molecule is NS/C(N)=C(/Cl)CCNc1ccc(-c2cc3ccccc3o2)nc1. The average Bonchev–Trinajstić information content (AvgIpc) is 3.05. The second kappa shape index (κ2) is 7.61. The third kappa shape index (κ3) is 3.84. The molecule has 124 valence electrons. The number of fused-ring (bicyclic) bond motifs is 1. The molecule has 0 spiro atoms. The number of benzene rings is 1. The fourth-order valence-corrected chi connectivity index (χ4v) is 2.71. The molecule has 0 saturated heterocycles. The number of aromatic nitrogens is 1. The Hall–Kier alpha value is -2.15. The van der Waals surface area contributed by atoms with E-state index in [9.17, 15) is 0 Å². The summed E-state index contributed by atoms with van der Waals surface area (Å²) in [6, 6.07) is 13.7. The molecule has 0 atom stereocenters. The third-order valence-corrected chi connectivity index (χ3v) is 4.51. The van der Waals surface area contributed by atoms with Crippen LogP contribution in [0.5, 0.6) is 0 Å². The van der Waals surface area contributed by atoms with Crippen molar-refractivity contribution in [3.63, 3.8) is 0 Å². The molecule has 0 bridgehead atoms. The second-order valence-electron chi connectivity index (χ2n) is 5.14. The van der Waals surface area contributed by atoms with Crippen LogP contribution in [0.1, 0.15) is 6.42 Å². The number of pyridine rings is 1. The van der Waals surface area contributed by atoms with E-state index in [1.165, 1.54) is 0 Å². The highest BCUT2D eigenvalue weighted by molar-refractivity contribution is 8.00. The van der Waals surface area contributed by atoms with Crippen molar-refractivity contribution >= 4 is 40.2 Å². The topological polar surface area (TPSA) is 90.1 Å². The molecule has 0 aliphatic carbocycles. The van der Waals surface area contributed by atoms with Gasteiger partial charge in [-0.05, 0) is 36.2 Å². The number of furan rings is 1. The van der Waals surface area contributed by atoms with E-state index >= 15 is 0 Å². The lowest BCUT2D eigenvalue weighted by molar-refractivity contribution is 0.629. The van der Waals surface area contributed by atoms with Crippen LogP contribution in [0.2, 0.25) is 0 Å². The predicted octanol–water partition coefficient (Wildman–Crippen LogP) is 4.27. The highest BCUT2D eigenvalue weighted by Crippen LogP contribution is 2.26. The van der Waals surface area contributed by atoms with E-state index in [4.69, 9.17) is 26.9 Å². The van der Waals surface area contributed by atoms with Gasteiger partial charge in [-0.25, -0.2) is 0 Å². The Balaban J connectivity index is 1.65. The molecule has 7 heteroatoms. The van der Waals surface area contributed by atoms with Gasteiger partial charge in [0, 0.05) is 18.4 Å². The van der Waals surface area contributed by atoms with Gasteiger partial charge in [0.1, 0.15) is 11.3 Å². The van der Waals surface area contributed by atoms with Crippen molar-refractivity contribution in [3.05, 3.63) is 58.7 Å². The lowest BCUT2D eigenvalue weighted by Crippen LogP contribution is -2.05. The number of para-hydroxylation sites is 1. The van der Waals surface area contributed by atoms with Gasteiger partial charge in [-0.3, -0.25) is 10.1 Å². The Kier molecular flexibility index (Phi) is 5.30. The summed E-state index contributed by atoms with van der Waals surface area (Å²) < 4.78 is 5.81. The Morgan fingerprint density at radius 1 is 1.25 bits per heavy atom. The molecule has 0 fully saturated rings. The first-order valence-electron chi connectivity index (χ1n) is 7.37. The van der Waals surface area contributed by atoms with E-state index in [1.807, 2.05) is 42.5 Å². The Labute approximate surface area is 149 Å². The molecule has 0 radical (unpaired) electrons. The number of rotatable bonds is 6. The van der Waals surface area contributed by atoms with Crippen LogP contribution in [0, 0.1) is 0 Å². The van der Waals surface area contributed by atoms with Crippen molar-refractivity contribution in [2.24, 2.45) is 10.9 Å². The summed E-state index contributed by atoms with van der Waals surface area (Å²) in [5, 5.41) is 10.7. The summed E-state index contributed by atoms with van der Waals surface area (Å²) in [6.45, 7) is 0.645. The molecule has 3 rings (SSSR count). The van der Waals surface area contributed by atoms with Crippen molar-refractivity contribution < 1.29 is 4.42 Å². The number of hydrogen-bond donors (Lipinski definition) is 3. The van der Waals surface area contributed by atoms with Crippen LogP contribution in [-0.4, -0.2) is 11.5 Å². The van der Waals surface area contributed by atoms with Gasteiger partial charge in [0.05, 0.1) is 21.9 Å². The maximum Gasteiger partial charge on any atom is 0.153 e. The number of halogens is 1. The van der Waals surface area contributed by atoms with E-state index in [-0.39, 0.29) is 0 Å². The van der Waals surface area contributed by atoms with E-state index in [0.717, 1.165) is 40.1 Å². The second-order valence-corrected chi connectivity index (χ2v) is 6.28. The smallest absolute Gasteiger partial charge is 0.153 e. The minimum atomic E-state index is 0.442. The van der Waals surface area contributed by atoms with Crippen LogP contribution in [0.3, 0.4) is 0 Å². The molecule has 0 amide bonds. The number of nitrogens with one attached hydrogen (secondary N) is 1. The van der Waals surface area contributed by atoms with Crippen LogP contribution in [0.25, 0.3) is 22.4 Å². The minimum Gasteiger partial charge on any atom is -0.454 e. The fraction of sp³-hybridized carbons (Fsp3) is 0.118. The van der Waals surface area contributed by atoms with E-state index in [0.29, 0.717) is 23.0 Å². The first-order chi connectivity index (χ1) is 11.7. The number of nitrogens with zero attached hydrogens (tertiary/aromatic N) is 1.